The van der Waals surface area contributed by atoms with E-state index in [9.17, 15) is 4.79 Å². The number of aryl methyl sites for hydroxylation is 2. The van der Waals surface area contributed by atoms with E-state index in [1.165, 1.54) is 16.9 Å². The molecule has 0 atom stereocenters. The molecule has 0 unspecified atom stereocenters. The standard InChI is InChI=1S/C19H18Cl2N2O2S/c1-11-8-12(2)18-16(9-11)26-19(23-18)22-17(24)4-3-7-25-15-6-5-13(20)10-14(15)21/h5-6,8-10H,3-4,7H2,1-2H3,(H,22,23,24). The fourth-order valence-corrected chi connectivity index (χ4v) is 4.13. The van der Waals surface area contributed by atoms with Crippen LogP contribution < -0.4 is 10.1 Å². The number of nitrogens with zero attached hydrogens (tertiary/aromatic N) is 1. The Bertz CT molecular complexity index is 956. The Hall–Kier alpha value is -1.82. The summed E-state index contributed by atoms with van der Waals surface area (Å²) < 4.78 is 6.67. The molecule has 136 valence electrons. The molecule has 0 saturated heterocycles. The highest BCUT2D eigenvalue weighted by Crippen LogP contribution is 2.30. The largest absolute Gasteiger partial charge is 0.492 e. The SMILES string of the molecule is Cc1cc(C)c2nc(NC(=O)CCCOc3ccc(Cl)cc3Cl)sc2c1. The van der Waals surface area contributed by atoms with Crippen LogP contribution in [0.15, 0.2) is 30.3 Å². The normalized spacial score (nSPS) is 10.9. The number of ether oxygens (including phenoxy) is 1. The minimum absolute atomic E-state index is 0.0794. The number of carbonyl (C=O) groups is 1. The Balaban J connectivity index is 1.50. The molecule has 1 amide bonds. The number of fused-ring (bicyclic) bond motifs is 1. The Morgan fingerprint density at radius 1 is 1.23 bits per heavy atom. The Kier molecular flexibility index (Phi) is 6.01. The number of carbonyl (C=O) groups excluding carboxylic acids is 1. The molecule has 0 aliphatic heterocycles. The van der Waals surface area contributed by atoms with Crippen molar-refractivity contribution in [3.8, 4) is 5.75 Å². The average Bonchev–Trinajstić information content (AvgIpc) is 2.95. The van der Waals surface area contributed by atoms with E-state index in [0.29, 0.717) is 40.4 Å². The van der Waals surface area contributed by atoms with Crippen LogP contribution in [0.2, 0.25) is 10.0 Å². The number of thiazole rings is 1. The second kappa shape index (κ2) is 8.25. The van der Waals surface area contributed by atoms with E-state index in [2.05, 4.69) is 29.4 Å². The summed E-state index contributed by atoms with van der Waals surface area (Å²) in [5, 5.41) is 4.51. The van der Waals surface area contributed by atoms with E-state index in [-0.39, 0.29) is 5.91 Å². The van der Waals surface area contributed by atoms with Crippen molar-refractivity contribution in [1.29, 1.82) is 0 Å². The number of hydrogen-bond donors (Lipinski definition) is 1. The first-order chi connectivity index (χ1) is 12.4. The van der Waals surface area contributed by atoms with Gasteiger partial charge in [0.05, 0.1) is 21.8 Å². The quantitative estimate of drug-likeness (QED) is 0.507. The van der Waals surface area contributed by atoms with Crippen LogP contribution >= 0.6 is 34.5 Å². The molecule has 3 rings (SSSR count). The minimum atomic E-state index is -0.0794. The fraction of sp³-hybridized carbons (Fsp3) is 0.263. The van der Waals surface area contributed by atoms with Crippen molar-refractivity contribution in [2.75, 3.05) is 11.9 Å². The van der Waals surface area contributed by atoms with Crippen molar-refractivity contribution in [3.63, 3.8) is 0 Å². The molecule has 0 aliphatic rings. The molecule has 1 aromatic heterocycles. The highest BCUT2D eigenvalue weighted by Gasteiger charge is 2.10. The van der Waals surface area contributed by atoms with Gasteiger partial charge in [-0.15, -0.1) is 0 Å². The summed E-state index contributed by atoms with van der Waals surface area (Å²) in [6, 6.07) is 9.23. The number of anilines is 1. The topological polar surface area (TPSA) is 51.2 Å². The van der Waals surface area contributed by atoms with Gasteiger partial charge in [0.25, 0.3) is 0 Å². The van der Waals surface area contributed by atoms with Gasteiger partial charge in [-0.25, -0.2) is 4.98 Å². The maximum Gasteiger partial charge on any atom is 0.226 e. The number of aromatic nitrogens is 1. The van der Waals surface area contributed by atoms with Crippen molar-refractivity contribution in [3.05, 3.63) is 51.5 Å². The number of nitrogens with one attached hydrogen (secondary N) is 1. The third kappa shape index (κ3) is 4.67. The van der Waals surface area contributed by atoms with Gasteiger partial charge in [0.2, 0.25) is 5.91 Å². The molecule has 0 spiro atoms. The van der Waals surface area contributed by atoms with Gasteiger partial charge in [0.15, 0.2) is 5.13 Å². The van der Waals surface area contributed by atoms with E-state index in [1.54, 1.807) is 18.2 Å². The van der Waals surface area contributed by atoms with Gasteiger partial charge in [-0.3, -0.25) is 4.79 Å². The predicted octanol–water partition coefficient (Wildman–Crippen LogP) is 6.02. The zero-order valence-electron chi connectivity index (χ0n) is 14.4. The van der Waals surface area contributed by atoms with Gasteiger partial charge in [0.1, 0.15) is 5.75 Å². The second-order valence-electron chi connectivity index (χ2n) is 6.02. The van der Waals surface area contributed by atoms with Gasteiger partial charge < -0.3 is 10.1 Å². The van der Waals surface area contributed by atoms with E-state index < -0.39 is 0 Å². The molecule has 0 bridgehead atoms. The number of hydrogen-bond acceptors (Lipinski definition) is 4. The molecule has 0 fully saturated rings. The van der Waals surface area contributed by atoms with Crippen molar-refractivity contribution in [1.82, 2.24) is 4.98 Å². The van der Waals surface area contributed by atoms with E-state index >= 15 is 0 Å². The summed E-state index contributed by atoms with van der Waals surface area (Å²) >= 11 is 13.4. The molecule has 26 heavy (non-hydrogen) atoms. The van der Waals surface area contributed by atoms with Crippen molar-refractivity contribution < 1.29 is 9.53 Å². The Labute approximate surface area is 166 Å². The van der Waals surface area contributed by atoms with Crippen LogP contribution in [0.5, 0.6) is 5.75 Å². The zero-order chi connectivity index (χ0) is 18.7. The molecule has 7 heteroatoms. The first kappa shape index (κ1) is 19.0. The lowest BCUT2D eigenvalue weighted by atomic mass is 10.1. The molecule has 0 aliphatic carbocycles. The fourth-order valence-electron chi connectivity index (χ4n) is 2.61. The molecule has 1 heterocycles. The maximum atomic E-state index is 12.1. The van der Waals surface area contributed by atoms with Crippen LogP contribution in [0.1, 0.15) is 24.0 Å². The van der Waals surface area contributed by atoms with Crippen molar-refractivity contribution >= 4 is 55.8 Å². The van der Waals surface area contributed by atoms with Gasteiger partial charge in [0, 0.05) is 11.4 Å². The van der Waals surface area contributed by atoms with Crippen LogP contribution in [0, 0.1) is 13.8 Å². The van der Waals surface area contributed by atoms with E-state index in [1.807, 2.05) is 6.92 Å². The van der Waals surface area contributed by atoms with E-state index in [0.717, 1.165) is 15.8 Å². The van der Waals surface area contributed by atoms with Crippen LogP contribution in [0.25, 0.3) is 10.2 Å². The highest BCUT2D eigenvalue weighted by atomic mass is 35.5. The molecule has 4 nitrogen and oxygen atoms in total. The smallest absolute Gasteiger partial charge is 0.226 e. The summed E-state index contributed by atoms with van der Waals surface area (Å²) in [6.07, 6.45) is 0.924. The first-order valence-electron chi connectivity index (χ1n) is 8.18. The molecule has 0 radical (unpaired) electrons. The monoisotopic (exact) mass is 408 g/mol. The van der Waals surface area contributed by atoms with Gasteiger partial charge in [-0.1, -0.05) is 40.6 Å². The predicted molar refractivity (Wildman–Crippen MR) is 109 cm³/mol. The van der Waals surface area contributed by atoms with Crippen LogP contribution in [-0.4, -0.2) is 17.5 Å². The van der Waals surface area contributed by atoms with Gasteiger partial charge in [-0.2, -0.15) is 0 Å². The summed E-state index contributed by atoms with van der Waals surface area (Å²) in [5.41, 5.74) is 3.25. The lowest BCUT2D eigenvalue weighted by molar-refractivity contribution is -0.116. The molecule has 0 saturated carbocycles. The summed E-state index contributed by atoms with van der Waals surface area (Å²) in [6.45, 7) is 4.48. The van der Waals surface area contributed by atoms with Crippen LogP contribution in [-0.2, 0) is 4.79 Å². The first-order valence-corrected chi connectivity index (χ1v) is 9.75. The summed E-state index contributed by atoms with van der Waals surface area (Å²) in [4.78, 5) is 16.6. The van der Waals surface area contributed by atoms with Crippen molar-refractivity contribution in [2.24, 2.45) is 0 Å². The molecule has 2 aromatic carbocycles. The van der Waals surface area contributed by atoms with Crippen molar-refractivity contribution in [2.45, 2.75) is 26.7 Å². The number of halogens is 2. The van der Waals surface area contributed by atoms with Gasteiger partial charge in [-0.05, 0) is 55.7 Å². The van der Waals surface area contributed by atoms with Gasteiger partial charge >= 0.3 is 0 Å². The second-order valence-corrected chi connectivity index (χ2v) is 7.90. The van der Waals surface area contributed by atoms with Crippen LogP contribution in [0.3, 0.4) is 0 Å². The number of amides is 1. The summed E-state index contributed by atoms with van der Waals surface area (Å²) in [5.74, 6) is 0.484. The number of rotatable bonds is 6. The maximum absolute atomic E-state index is 12.1. The summed E-state index contributed by atoms with van der Waals surface area (Å²) in [7, 11) is 0. The van der Waals surface area contributed by atoms with E-state index in [4.69, 9.17) is 27.9 Å². The minimum Gasteiger partial charge on any atom is -0.492 e. The lowest BCUT2D eigenvalue weighted by Crippen LogP contribution is -2.12. The Morgan fingerprint density at radius 3 is 2.81 bits per heavy atom. The zero-order valence-corrected chi connectivity index (χ0v) is 16.8. The Morgan fingerprint density at radius 2 is 2.04 bits per heavy atom. The highest BCUT2D eigenvalue weighted by molar-refractivity contribution is 7.22. The molecule has 1 N–H and O–H groups in total. The lowest BCUT2D eigenvalue weighted by Gasteiger charge is -2.08. The molecular formula is C19H18Cl2N2O2S. The third-order valence-corrected chi connectivity index (χ3v) is 5.22. The average molecular weight is 409 g/mol. The van der Waals surface area contributed by atoms with Crippen LogP contribution in [0.4, 0.5) is 5.13 Å². The number of benzene rings is 2. The molecular weight excluding hydrogens is 391 g/mol. The third-order valence-electron chi connectivity index (χ3n) is 3.78. The molecule has 3 aromatic rings.